The molecule has 9 nitrogen and oxygen atoms in total. The van der Waals surface area contributed by atoms with E-state index in [1.54, 1.807) is 0 Å². The fourth-order valence-corrected chi connectivity index (χ4v) is 3.12. The molecule has 0 amide bonds. The van der Waals surface area contributed by atoms with E-state index < -0.39 is 0 Å². The normalized spacial score (nSPS) is 17.8. The van der Waals surface area contributed by atoms with Crippen LogP contribution in [0.3, 0.4) is 0 Å². The van der Waals surface area contributed by atoms with Gasteiger partial charge >= 0.3 is 0 Å². The van der Waals surface area contributed by atoms with Crippen molar-refractivity contribution < 1.29 is 4.63 Å². The van der Waals surface area contributed by atoms with Crippen molar-refractivity contribution >= 4 is 30.0 Å². The lowest BCUT2D eigenvalue weighted by Crippen LogP contribution is -2.35. The molecule has 3 heterocycles. The average molecular weight is 379 g/mol. The quantitative estimate of drug-likeness (QED) is 0.412. The van der Waals surface area contributed by atoms with Crippen LogP contribution in [0.4, 0.5) is 17.3 Å². The average Bonchev–Trinajstić information content (AvgIpc) is 3.15. The molecule has 0 radical (unpaired) electrons. The molecule has 142 valence electrons. The molecule has 1 fully saturated rings. The number of thiol groups is 1. The van der Waals surface area contributed by atoms with Crippen molar-refractivity contribution in [1.29, 1.82) is 0 Å². The first-order chi connectivity index (χ1) is 12.2. The van der Waals surface area contributed by atoms with Crippen LogP contribution >= 0.6 is 12.6 Å². The summed E-state index contributed by atoms with van der Waals surface area (Å²) in [7, 11) is 0. The van der Waals surface area contributed by atoms with Crippen molar-refractivity contribution in [2.75, 3.05) is 28.7 Å². The lowest BCUT2D eigenvalue weighted by molar-refractivity contribution is 0.301. The molecule has 2 aromatic rings. The van der Waals surface area contributed by atoms with Gasteiger partial charge in [0.1, 0.15) is 22.9 Å². The summed E-state index contributed by atoms with van der Waals surface area (Å²) in [6, 6.07) is 0. The maximum Gasteiger partial charge on any atom is 0.172 e. The molecule has 2 aromatic heterocycles. The minimum Gasteiger partial charge on any atom is -0.393 e. The molecule has 1 saturated heterocycles. The van der Waals surface area contributed by atoms with Gasteiger partial charge < -0.3 is 10.6 Å². The molecule has 10 heteroatoms. The number of hydrazine groups is 1. The van der Waals surface area contributed by atoms with Gasteiger partial charge in [0.05, 0.1) is 6.54 Å². The number of aryl methyl sites for hydroxylation is 1. The predicted molar refractivity (Wildman–Crippen MR) is 104 cm³/mol. The van der Waals surface area contributed by atoms with Crippen molar-refractivity contribution in [1.82, 2.24) is 20.3 Å². The van der Waals surface area contributed by atoms with Crippen LogP contribution in [0.15, 0.2) is 4.63 Å². The highest BCUT2D eigenvalue weighted by atomic mass is 32.1. The summed E-state index contributed by atoms with van der Waals surface area (Å²) < 4.78 is 4.74. The summed E-state index contributed by atoms with van der Waals surface area (Å²) in [5.74, 6) is 8.15. The van der Waals surface area contributed by atoms with E-state index in [1.807, 2.05) is 6.92 Å². The number of aromatic nitrogens is 4. The minimum absolute atomic E-state index is 0.247. The molecule has 4 N–H and O–H groups in total. The van der Waals surface area contributed by atoms with Gasteiger partial charge in [-0.05, 0) is 13.3 Å². The Morgan fingerprint density at radius 3 is 2.58 bits per heavy atom. The number of nitrogens with zero attached hydrogens (tertiary/aromatic N) is 6. The number of rotatable bonds is 4. The second-order valence-electron chi connectivity index (χ2n) is 7.67. The summed E-state index contributed by atoms with van der Waals surface area (Å²) in [6.07, 6.45) is 0.989. The van der Waals surface area contributed by atoms with Crippen molar-refractivity contribution in [3.05, 3.63) is 17.2 Å². The number of nitrogen functional groups attached to an aromatic ring is 1. The predicted octanol–water partition coefficient (Wildman–Crippen LogP) is 1.44. The third kappa shape index (κ3) is 3.70. The zero-order chi connectivity index (χ0) is 19.1. The Morgan fingerprint density at radius 1 is 1.31 bits per heavy atom. The number of hydrogen-bond acceptors (Lipinski definition) is 10. The Balaban J connectivity index is 2.01. The molecule has 1 atom stereocenters. The van der Waals surface area contributed by atoms with Gasteiger partial charge in [0.25, 0.3) is 0 Å². The van der Waals surface area contributed by atoms with E-state index in [4.69, 9.17) is 21.2 Å². The molecule has 3 rings (SSSR count). The Bertz CT molecular complexity index is 787. The maximum atomic E-state index is 6.42. The van der Waals surface area contributed by atoms with E-state index in [0.717, 1.165) is 19.5 Å². The van der Waals surface area contributed by atoms with Gasteiger partial charge in [-0.25, -0.2) is 20.4 Å². The van der Waals surface area contributed by atoms with E-state index in [1.165, 1.54) is 5.01 Å². The molecule has 1 aliphatic heterocycles. The van der Waals surface area contributed by atoms with Gasteiger partial charge in [-0.15, -0.1) is 0 Å². The van der Waals surface area contributed by atoms with Crippen LogP contribution in [-0.4, -0.2) is 38.6 Å². The van der Waals surface area contributed by atoms with Gasteiger partial charge in [-0.2, -0.15) is 12.6 Å². The number of nitrogens with two attached hydrogens (primary N) is 2. The minimum atomic E-state index is -0.247. The Morgan fingerprint density at radius 2 is 2.04 bits per heavy atom. The second kappa shape index (κ2) is 6.92. The second-order valence-corrected chi connectivity index (χ2v) is 8.40. The maximum absolute atomic E-state index is 6.42. The van der Waals surface area contributed by atoms with Crippen LogP contribution in [0, 0.1) is 6.92 Å². The Hall–Kier alpha value is -2.07. The van der Waals surface area contributed by atoms with Gasteiger partial charge in [-0.3, -0.25) is 5.01 Å². The molecule has 0 bridgehead atoms. The third-order valence-electron chi connectivity index (χ3n) is 4.38. The zero-order valence-corrected chi connectivity index (χ0v) is 16.5. The summed E-state index contributed by atoms with van der Waals surface area (Å²) >= 11 is 4.57. The lowest BCUT2D eigenvalue weighted by atomic mass is 9.95. The van der Waals surface area contributed by atoms with E-state index >= 15 is 0 Å². The molecule has 26 heavy (non-hydrogen) atoms. The fraction of sp³-hybridized carbons (Fsp3) is 0.625. The summed E-state index contributed by atoms with van der Waals surface area (Å²) in [5, 5.41) is 9.44. The standard InChI is InChI=1S/C16H26N8OS/c1-9-11(22-25-21-9)8-24(18)14-12(17)13(23-6-5-10(26)7-23)19-15(20-14)16(2,3)4/h10,26H,5-8,17-18H2,1-4H3. The lowest BCUT2D eigenvalue weighted by Gasteiger charge is -2.27. The molecule has 1 unspecified atom stereocenters. The highest BCUT2D eigenvalue weighted by Crippen LogP contribution is 2.35. The van der Waals surface area contributed by atoms with Crippen LogP contribution in [-0.2, 0) is 12.0 Å². The third-order valence-corrected chi connectivity index (χ3v) is 4.80. The molecule has 1 aliphatic rings. The smallest absolute Gasteiger partial charge is 0.172 e. The van der Waals surface area contributed by atoms with Crippen LogP contribution < -0.4 is 21.5 Å². The first-order valence-corrected chi connectivity index (χ1v) is 9.09. The van der Waals surface area contributed by atoms with Gasteiger partial charge in [0.2, 0.25) is 0 Å². The van der Waals surface area contributed by atoms with Crippen LogP contribution in [0.1, 0.15) is 44.4 Å². The molecule has 0 aromatic carbocycles. The fourth-order valence-electron chi connectivity index (χ4n) is 2.80. The molecule has 0 spiro atoms. The Kier molecular flexibility index (Phi) is 4.98. The molecular formula is C16H26N8OS. The monoisotopic (exact) mass is 378 g/mol. The molecular weight excluding hydrogens is 352 g/mol. The molecule has 0 aliphatic carbocycles. The highest BCUT2D eigenvalue weighted by molar-refractivity contribution is 7.81. The van der Waals surface area contributed by atoms with Gasteiger partial charge in [0.15, 0.2) is 11.6 Å². The van der Waals surface area contributed by atoms with E-state index in [0.29, 0.717) is 39.8 Å². The van der Waals surface area contributed by atoms with E-state index in [2.05, 4.69) is 53.6 Å². The van der Waals surface area contributed by atoms with Gasteiger partial charge in [0, 0.05) is 23.8 Å². The molecule has 0 saturated carbocycles. The van der Waals surface area contributed by atoms with Crippen molar-refractivity contribution in [3.8, 4) is 0 Å². The number of anilines is 3. The van der Waals surface area contributed by atoms with Crippen molar-refractivity contribution in [2.24, 2.45) is 5.84 Å². The van der Waals surface area contributed by atoms with Crippen molar-refractivity contribution in [3.63, 3.8) is 0 Å². The first-order valence-electron chi connectivity index (χ1n) is 8.58. The zero-order valence-electron chi connectivity index (χ0n) is 15.6. The largest absolute Gasteiger partial charge is 0.393 e. The Labute approximate surface area is 158 Å². The van der Waals surface area contributed by atoms with Gasteiger partial charge in [-0.1, -0.05) is 31.1 Å². The summed E-state index contributed by atoms with van der Waals surface area (Å²) in [5.41, 5.74) is 7.95. The summed E-state index contributed by atoms with van der Waals surface area (Å²) in [6.45, 7) is 9.93. The van der Waals surface area contributed by atoms with E-state index in [-0.39, 0.29) is 12.0 Å². The number of hydrogen-bond donors (Lipinski definition) is 3. The van der Waals surface area contributed by atoms with Crippen LogP contribution in [0.5, 0.6) is 0 Å². The summed E-state index contributed by atoms with van der Waals surface area (Å²) in [4.78, 5) is 11.5. The van der Waals surface area contributed by atoms with Crippen molar-refractivity contribution in [2.45, 2.75) is 51.3 Å². The van der Waals surface area contributed by atoms with E-state index in [9.17, 15) is 0 Å². The SMILES string of the molecule is Cc1nonc1CN(N)c1nc(C(C)(C)C)nc(N2CCC(S)C2)c1N. The highest BCUT2D eigenvalue weighted by Gasteiger charge is 2.29. The van der Waals surface area contributed by atoms with Crippen LogP contribution in [0.25, 0.3) is 0 Å². The first kappa shape index (κ1) is 18.7. The topological polar surface area (TPSA) is 123 Å². The van der Waals surface area contributed by atoms with Crippen LogP contribution in [0.2, 0.25) is 0 Å².